The number of hydrogen-bond acceptors (Lipinski definition) is 1. The van der Waals surface area contributed by atoms with Crippen LogP contribution >= 0.6 is 0 Å². The van der Waals surface area contributed by atoms with E-state index < -0.39 is 24.2 Å². The zero-order valence-electron chi connectivity index (χ0n) is 29.0. The largest absolute Gasteiger partial charge is 0.456 e. The van der Waals surface area contributed by atoms with Crippen molar-refractivity contribution < 1.29 is 8.98 Å². The number of hydrogen-bond donors (Lipinski definition) is 0. The minimum Gasteiger partial charge on any atom is -0.456 e. The predicted octanol–water partition coefficient (Wildman–Crippen LogP) is 9.36. The predicted molar refractivity (Wildman–Crippen MR) is 205 cm³/mol. The topological polar surface area (TPSA) is 17.0 Å². The summed E-state index contributed by atoms with van der Waals surface area (Å²) in [6.07, 6.45) is 2.36. The van der Waals surface area contributed by atoms with E-state index in [2.05, 4.69) is 169 Å². The van der Waals surface area contributed by atoms with E-state index in [1.165, 1.54) is 65.4 Å². The highest BCUT2D eigenvalue weighted by Gasteiger charge is 2.28. The second-order valence-electron chi connectivity index (χ2n) is 16.0. The van der Waals surface area contributed by atoms with Gasteiger partial charge in [0.05, 0.1) is 24.2 Å². The van der Waals surface area contributed by atoms with Crippen LogP contribution in [0.4, 0.5) is 0 Å². The van der Waals surface area contributed by atoms with E-state index in [4.69, 9.17) is 4.42 Å². The molecule has 4 aromatic carbocycles. The molecule has 2 aromatic heterocycles. The lowest BCUT2D eigenvalue weighted by atomic mass is 9.99. The summed E-state index contributed by atoms with van der Waals surface area (Å²) in [5.74, 6) is 0. The van der Waals surface area contributed by atoms with Gasteiger partial charge in [0.25, 0.3) is 0 Å². The summed E-state index contributed by atoms with van der Waals surface area (Å²) in [6.45, 7) is 24.0. The molecular weight excluding hydrogens is 595 g/mol. The molecule has 0 radical (unpaired) electrons. The molecule has 230 valence electrons. The van der Waals surface area contributed by atoms with Gasteiger partial charge in [0.15, 0.2) is 6.20 Å². The monoisotopic (exact) mass is 642 g/mol. The van der Waals surface area contributed by atoms with E-state index >= 15 is 0 Å². The summed E-state index contributed by atoms with van der Waals surface area (Å²) in [4.78, 5) is 0. The SMILES string of the molecule is Cc1cc2oc3cc(-c4ccc([Si](C)(C)C)cc4)ccc3c2cc1-c1cc([Si](C)(C)C)c(-c2ccc([Si](C)(C)C)cc2)c[n+]1C. The van der Waals surface area contributed by atoms with E-state index in [0.29, 0.717) is 0 Å². The lowest BCUT2D eigenvalue weighted by Crippen LogP contribution is -2.44. The molecule has 0 aliphatic heterocycles. The summed E-state index contributed by atoms with van der Waals surface area (Å²) >= 11 is 0. The first kappa shape index (κ1) is 31.5. The Morgan fingerprint density at radius 1 is 0.511 bits per heavy atom. The minimum atomic E-state index is -1.67. The van der Waals surface area contributed by atoms with E-state index in [-0.39, 0.29) is 0 Å². The Hall–Kier alpha value is -3.52. The van der Waals surface area contributed by atoms with Crippen LogP contribution in [0.3, 0.4) is 0 Å². The maximum Gasteiger partial charge on any atom is 0.212 e. The molecule has 0 atom stereocenters. The Balaban J connectivity index is 1.44. The fourth-order valence-electron chi connectivity index (χ4n) is 6.46. The fourth-order valence-corrected chi connectivity index (χ4v) is 10.4. The molecule has 0 aliphatic carbocycles. The molecule has 6 aromatic rings. The van der Waals surface area contributed by atoms with E-state index in [1.807, 2.05) is 0 Å². The first-order valence-corrected chi connectivity index (χ1v) is 26.7. The van der Waals surface area contributed by atoms with Crippen LogP contribution in [0.2, 0.25) is 58.9 Å². The van der Waals surface area contributed by atoms with Gasteiger partial charge in [-0.25, -0.2) is 4.57 Å². The number of fused-ring (bicyclic) bond motifs is 3. The van der Waals surface area contributed by atoms with E-state index in [9.17, 15) is 0 Å². The highest BCUT2D eigenvalue weighted by Crippen LogP contribution is 2.36. The van der Waals surface area contributed by atoms with Crippen LogP contribution in [-0.4, -0.2) is 24.2 Å². The number of nitrogens with zero attached hydrogens (tertiary/aromatic N) is 1. The molecule has 0 unspecified atom stereocenters. The van der Waals surface area contributed by atoms with Gasteiger partial charge < -0.3 is 4.42 Å². The Kier molecular flexibility index (Phi) is 7.74. The van der Waals surface area contributed by atoms with Crippen LogP contribution in [0.5, 0.6) is 0 Å². The summed E-state index contributed by atoms with van der Waals surface area (Å²) in [6, 6.07) is 32.3. The second kappa shape index (κ2) is 11.1. The van der Waals surface area contributed by atoms with Crippen molar-refractivity contribution in [3.8, 4) is 33.5 Å². The van der Waals surface area contributed by atoms with Crippen molar-refractivity contribution in [3.63, 3.8) is 0 Å². The molecule has 5 heteroatoms. The molecule has 0 fully saturated rings. The van der Waals surface area contributed by atoms with Crippen molar-refractivity contribution in [2.45, 2.75) is 65.8 Å². The van der Waals surface area contributed by atoms with Gasteiger partial charge in [-0.2, -0.15) is 0 Å². The van der Waals surface area contributed by atoms with Gasteiger partial charge >= 0.3 is 0 Å². The van der Waals surface area contributed by atoms with Crippen LogP contribution in [0, 0.1) is 6.92 Å². The van der Waals surface area contributed by atoms with Gasteiger partial charge in [0.1, 0.15) is 18.2 Å². The smallest absolute Gasteiger partial charge is 0.212 e. The third-order valence-corrected chi connectivity index (χ3v) is 15.5. The van der Waals surface area contributed by atoms with Gasteiger partial charge in [0.2, 0.25) is 5.69 Å². The maximum absolute atomic E-state index is 6.49. The summed E-state index contributed by atoms with van der Waals surface area (Å²) < 4.78 is 8.82. The zero-order chi connectivity index (χ0) is 32.5. The summed E-state index contributed by atoms with van der Waals surface area (Å²) in [5.41, 5.74) is 10.7. The molecule has 0 spiro atoms. The van der Waals surface area contributed by atoms with Crippen molar-refractivity contribution in [2.75, 3.05) is 0 Å². The molecule has 0 aliphatic rings. The number of aromatic nitrogens is 1. The van der Waals surface area contributed by atoms with Crippen LogP contribution in [-0.2, 0) is 7.05 Å². The average Bonchev–Trinajstić information content (AvgIpc) is 3.31. The lowest BCUT2D eigenvalue weighted by molar-refractivity contribution is -0.659. The molecule has 0 amide bonds. The van der Waals surface area contributed by atoms with Crippen LogP contribution in [0.1, 0.15) is 5.56 Å². The Morgan fingerprint density at radius 2 is 1.04 bits per heavy atom. The molecule has 45 heavy (non-hydrogen) atoms. The minimum absolute atomic E-state index is 0.942. The van der Waals surface area contributed by atoms with Crippen molar-refractivity contribution in [2.24, 2.45) is 7.05 Å². The molecule has 2 heterocycles. The van der Waals surface area contributed by atoms with Gasteiger partial charge in [0, 0.05) is 28.0 Å². The quantitative estimate of drug-likeness (QED) is 0.131. The van der Waals surface area contributed by atoms with Gasteiger partial charge in [-0.3, -0.25) is 0 Å². The highest BCUT2D eigenvalue weighted by atomic mass is 28.3. The Bertz CT molecular complexity index is 2050. The van der Waals surface area contributed by atoms with Crippen LogP contribution in [0.25, 0.3) is 55.4 Å². The highest BCUT2D eigenvalue weighted by molar-refractivity contribution is 6.90. The van der Waals surface area contributed by atoms with Crippen LogP contribution < -0.4 is 20.1 Å². The first-order chi connectivity index (χ1) is 21.0. The number of rotatable bonds is 6. The molecule has 2 nitrogen and oxygen atoms in total. The van der Waals surface area contributed by atoms with Gasteiger partial charge in [-0.15, -0.1) is 0 Å². The summed E-state index contributed by atoms with van der Waals surface area (Å²) in [7, 11) is -2.15. The number of furan rings is 1. The molecule has 0 saturated carbocycles. The van der Waals surface area contributed by atoms with E-state index in [0.717, 1.165) is 11.2 Å². The van der Waals surface area contributed by atoms with Gasteiger partial charge in [-0.1, -0.05) is 124 Å². The Morgan fingerprint density at radius 3 is 1.60 bits per heavy atom. The fraction of sp³-hybridized carbons (Fsp3) is 0.275. The molecule has 6 rings (SSSR count). The van der Waals surface area contributed by atoms with E-state index in [1.54, 1.807) is 0 Å². The normalized spacial score (nSPS) is 12.8. The molecule has 0 saturated heterocycles. The third kappa shape index (κ3) is 6.06. The third-order valence-electron chi connectivity index (χ3n) is 9.32. The number of pyridine rings is 1. The maximum atomic E-state index is 6.49. The number of aryl methyl sites for hydroxylation is 2. The molecule has 0 bridgehead atoms. The van der Waals surface area contributed by atoms with Crippen molar-refractivity contribution >= 4 is 61.7 Å². The Labute approximate surface area is 272 Å². The van der Waals surface area contributed by atoms with Crippen molar-refractivity contribution in [1.29, 1.82) is 0 Å². The summed E-state index contributed by atoms with van der Waals surface area (Å²) in [5, 5.41) is 6.83. The van der Waals surface area contributed by atoms with Crippen LogP contribution in [0.15, 0.2) is 95.5 Å². The molecule has 0 N–H and O–H groups in total. The molecular formula is C40H48NOSi3+. The van der Waals surface area contributed by atoms with Crippen molar-refractivity contribution in [1.82, 2.24) is 0 Å². The number of benzene rings is 4. The van der Waals surface area contributed by atoms with Gasteiger partial charge in [-0.05, 0) is 58.6 Å². The second-order valence-corrected chi connectivity index (χ2v) is 31.2. The standard InChI is InChI=1S/C40H48NOSi3/c1-27-22-38-35(33-21-16-30(23-39(33)42-38)28-12-17-31(18-13-28)43(3,4)5)24-34(27)37-25-40(45(9,10)11)36(26-41(37)2)29-14-19-32(20-15-29)44(6,7)8/h12-26H,1-11H3/q+1. The zero-order valence-corrected chi connectivity index (χ0v) is 32.0. The lowest BCUT2D eigenvalue weighted by Gasteiger charge is -2.22. The van der Waals surface area contributed by atoms with Crippen molar-refractivity contribution in [3.05, 3.63) is 96.7 Å². The first-order valence-electron chi connectivity index (χ1n) is 16.2. The average molecular weight is 643 g/mol.